The number of hydrogen-bond acceptors (Lipinski definition) is 5. The van der Waals surface area contributed by atoms with E-state index in [4.69, 9.17) is 0 Å². The molecule has 0 aromatic heterocycles. The Labute approximate surface area is 121 Å². The fourth-order valence-corrected chi connectivity index (χ4v) is 2.56. The van der Waals surface area contributed by atoms with Crippen molar-refractivity contribution in [3.05, 3.63) is 33.9 Å². The molecule has 1 aliphatic rings. The zero-order chi connectivity index (χ0) is 15.4. The van der Waals surface area contributed by atoms with Crippen LogP contribution in [0, 0.1) is 10.1 Å². The van der Waals surface area contributed by atoms with Gasteiger partial charge >= 0.3 is 5.69 Å². The van der Waals surface area contributed by atoms with Crippen LogP contribution < -0.4 is 5.32 Å². The fraction of sp³-hybridized carbons (Fsp3) is 0.500. The maximum atomic E-state index is 12.2. The van der Waals surface area contributed by atoms with Gasteiger partial charge in [0.25, 0.3) is 5.91 Å². The van der Waals surface area contributed by atoms with E-state index in [-0.39, 0.29) is 5.56 Å². The average molecular weight is 294 g/mol. The van der Waals surface area contributed by atoms with E-state index in [2.05, 4.69) is 5.32 Å². The predicted octanol–water partition coefficient (Wildman–Crippen LogP) is 1.72. The Morgan fingerprint density at radius 3 is 2.71 bits per heavy atom. The van der Waals surface area contributed by atoms with Gasteiger partial charge in [-0.15, -0.1) is 0 Å². The Bertz CT molecular complexity index is 546. The minimum absolute atomic E-state index is 0.152. The second-order valence-corrected chi connectivity index (χ2v) is 5.22. The third-order valence-electron chi connectivity index (χ3n) is 3.75. The number of phenols is 1. The summed E-state index contributed by atoms with van der Waals surface area (Å²) in [6, 6.07) is 3.41. The Balaban J connectivity index is 2.16. The second-order valence-electron chi connectivity index (χ2n) is 5.22. The summed E-state index contributed by atoms with van der Waals surface area (Å²) in [6.07, 6.45) is 3.47. The van der Waals surface area contributed by atoms with Crippen molar-refractivity contribution in [2.24, 2.45) is 0 Å². The molecule has 7 nitrogen and oxygen atoms in total. The maximum Gasteiger partial charge on any atom is 0.311 e. The highest BCUT2D eigenvalue weighted by atomic mass is 16.6. The number of benzene rings is 1. The van der Waals surface area contributed by atoms with E-state index >= 15 is 0 Å². The molecule has 0 spiro atoms. The quantitative estimate of drug-likeness (QED) is 0.446. The molecule has 114 valence electrons. The minimum Gasteiger partial charge on any atom is -0.502 e. The number of nitro benzene ring substituents is 1. The number of carbonyl (C=O) groups is 1. The van der Waals surface area contributed by atoms with Crippen LogP contribution in [-0.2, 0) is 0 Å². The van der Waals surface area contributed by atoms with Crippen LogP contribution in [0.5, 0.6) is 5.75 Å². The number of rotatable bonds is 3. The lowest BCUT2D eigenvalue weighted by Crippen LogP contribution is -2.42. The number of carbonyl (C=O) groups excluding carboxylic acids is 1. The molecular formula is C14H18N2O5. The SMILES string of the molecule is O=C(NC1CCCCCC1O)c1cccc([N+](=O)[O-])c1O. The van der Waals surface area contributed by atoms with Crippen LogP contribution in [0.25, 0.3) is 0 Å². The first-order valence-corrected chi connectivity index (χ1v) is 6.96. The highest BCUT2D eigenvalue weighted by Crippen LogP contribution is 2.29. The summed E-state index contributed by atoms with van der Waals surface area (Å²) in [5, 5.41) is 33.2. The van der Waals surface area contributed by atoms with E-state index in [0.29, 0.717) is 12.8 Å². The molecule has 1 fully saturated rings. The smallest absolute Gasteiger partial charge is 0.311 e. The topological polar surface area (TPSA) is 113 Å². The van der Waals surface area contributed by atoms with Crippen LogP contribution >= 0.6 is 0 Å². The third-order valence-corrected chi connectivity index (χ3v) is 3.75. The van der Waals surface area contributed by atoms with E-state index < -0.39 is 34.4 Å². The molecule has 7 heteroatoms. The summed E-state index contributed by atoms with van der Waals surface area (Å²) >= 11 is 0. The van der Waals surface area contributed by atoms with Crippen molar-refractivity contribution >= 4 is 11.6 Å². The molecule has 2 rings (SSSR count). The van der Waals surface area contributed by atoms with Crippen molar-refractivity contribution in [1.82, 2.24) is 5.32 Å². The first-order valence-electron chi connectivity index (χ1n) is 6.96. The van der Waals surface area contributed by atoms with Gasteiger partial charge in [-0.1, -0.05) is 25.3 Å². The maximum absolute atomic E-state index is 12.2. The lowest BCUT2D eigenvalue weighted by Gasteiger charge is -2.21. The first-order chi connectivity index (χ1) is 10.0. The highest BCUT2D eigenvalue weighted by Gasteiger charge is 2.26. The molecule has 0 bridgehead atoms. The molecule has 1 aliphatic carbocycles. The van der Waals surface area contributed by atoms with E-state index in [1.807, 2.05) is 0 Å². The van der Waals surface area contributed by atoms with E-state index in [1.54, 1.807) is 0 Å². The number of nitrogens with zero attached hydrogens (tertiary/aromatic N) is 1. The number of aliphatic hydroxyl groups is 1. The number of phenolic OH excluding ortho intramolecular Hbond substituents is 1. The van der Waals surface area contributed by atoms with Gasteiger partial charge in [0.2, 0.25) is 5.75 Å². The highest BCUT2D eigenvalue weighted by molar-refractivity contribution is 5.98. The van der Waals surface area contributed by atoms with Crippen molar-refractivity contribution in [3.8, 4) is 5.75 Å². The summed E-state index contributed by atoms with van der Waals surface area (Å²) in [7, 11) is 0. The molecule has 21 heavy (non-hydrogen) atoms. The van der Waals surface area contributed by atoms with Gasteiger partial charge < -0.3 is 15.5 Å². The summed E-state index contributed by atoms with van der Waals surface area (Å²) in [6.45, 7) is 0. The molecule has 3 N–H and O–H groups in total. The zero-order valence-electron chi connectivity index (χ0n) is 11.5. The van der Waals surface area contributed by atoms with Gasteiger partial charge in [0, 0.05) is 6.07 Å². The molecule has 0 heterocycles. The zero-order valence-corrected chi connectivity index (χ0v) is 11.5. The summed E-state index contributed by atoms with van der Waals surface area (Å²) in [5.41, 5.74) is -0.662. The fourth-order valence-electron chi connectivity index (χ4n) is 2.56. The molecule has 0 radical (unpaired) electrons. The van der Waals surface area contributed by atoms with Gasteiger partial charge in [-0.3, -0.25) is 14.9 Å². The number of nitrogens with one attached hydrogen (secondary N) is 1. The second kappa shape index (κ2) is 6.53. The van der Waals surface area contributed by atoms with Gasteiger partial charge in [-0.2, -0.15) is 0 Å². The van der Waals surface area contributed by atoms with Gasteiger partial charge in [0.05, 0.1) is 22.6 Å². The third kappa shape index (κ3) is 3.49. The van der Waals surface area contributed by atoms with Crippen molar-refractivity contribution < 1.29 is 19.9 Å². The van der Waals surface area contributed by atoms with Crippen molar-refractivity contribution in [2.75, 3.05) is 0 Å². The van der Waals surface area contributed by atoms with Gasteiger partial charge in [0.15, 0.2) is 0 Å². The number of nitro groups is 1. The van der Waals surface area contributed by atoms with E-state index in [0.717, 1.165) is 25.3 Å². The number of aliphatic hydroxyl groups excluding tert-OH is 1. The van der Waals surface area contributed by atoms with Crippen LogP contribution in [0.2, 0.25) is 0 Å². The average Bonchev–Trinajstić information content (AvgIpc) is 2.64. The van der Waals surface area contributed by atoms with E-state index in [9.17, 15) is 25.1 Å². The number of hydrogen-bond donors (Lipinski definition) is 3. The molecule has 2 unspecified atom stereocenters. The molecule has 2 atom stereocenters. The molecule has 1 aromatic carbocycles. The molecule has 1 amide bonds. The first kappa shape index (κ1) is 15.2. The van der Waals surface area contributed by atoms with Crippen molar-refractivity contribution in [1.29, 1.82) is 0 Å². The molecule has 0 aliphatic heterocycles. The predicted molar refractivity (Wildman–Crippen MR) is 75.1 cm³/mol. The van der Waals surface area contributed by atoms with Crippen LogP contribution in [-0.4, -0.2) is 33.2 Å². The molecule has 0 saturated heterocycles. The van der Waals surface area contributed by atoms with Crippen molar-refractivity contribution in [3.63, 3.8) is 0 Å². The lowest BCUT2D eigenvalue weighted by molar-refractivity contribution is -0.385. The molecule has 1 saturated carbocycles. The van der Waals surface area contributed by atoms with Gasteiger partial charge in [-0.05, 0) is 18.9 Å². The van der Waals surface area contributed by atoms with Crippen LogP contribution in [0.3, 0.4) is 0 Å². The monoisotopic (exact) mass is 294 g/mol. The Hall–Kier alpha value is -2.15. The largest absolute Gasteiger partial charge is 0.502 e. The number of amides is 1. The summed E-state index contributed by atoms with van der Waals surface area (Å²) < 4.78 is 0. The molecule has 1 aromatic rings. The number of para-hydroxylation sites is 1. The van der Waals surface area contributed by atoms with Crippen molar-refractivity contribution in [2.45, 2.75) is 44.2 Å². The summed E-state index contributed by atoms with van der Waals surface area (Å²) in [4.78, 5) is 22.2. The lowest BCUT2D eigenvalue weighted by atomic mass is 10.0. The normalized spacial score (nSPS) is 22.3. The van der Waals surface area contributed by atoms with E-state index in [1.165, 1.54) is 12.1 Å². The minimum atomic E-state index is -0.743. The van der Waals surface area contributed by atoms with Crippen LogP contribution in [0.15, 0.2) is 18.2 Å². The van der Waals surface area contributed by atoms with Crippen LogP contribution in [0.4, 0.5) is 5.69 Å². The number of aromatic hydroxyl groups is 1. The van der Waals surface area contributed by atoms with Gasteiger partial charge in [-0.25, -0.2) is 0 Å². The standard InChI is InChI=1S/C14H18N2O5/c17-12-8-3-1-2-6-10(12)15-14(19)9-5-4-7-11(13(9)18)16(20)21/h4-5,7,10,12,17-18H,1-3,6,8H2,(H,15,19). The van der Waals surface area contributed by atoms with Crippen LogP contribution in [0.1, 0.15) is 42.5 Å². The Morgan fingerprint density at radius 1 is 1.29 bits per heavy atom. The Morgan fingerprint density at radius 2 is 2.00 bits per heavy atom. The van der Waals surface area contributed by atoms with Gasteiger partial charge in [0.1, 0.15) is 0 Å². The summed E-state index contributed by atoms with van der Waals surface area (Å²) in [5.74, 6) is -1.26. The molecular weight excluding hydrogens is 276 g/mol. The Kier molecular flexibility index (Phi) is 4.74.